The zero-order valence-corrected chi connectivity index (χ0v) is 17.7. The van der Waals surface area contributed by atoms with E-state index in [-0.39, 0.29) is 18.1 Å². The first-order valence-corrected chi connectivity index (χ1v) is 9.95. The molecule has 0 bridgehead atoms. The first-order chi connectivity index (χ1) is 14.9. The van der Waals surface area contributed by atoms with Gasteiger partial charge < -0.3 is 18.9 Å². The van der Waals surface area contributed by atoms with Crippen molar-refractivity contribution >= 4 is 16.9 Å². The van der Waals surface area contributed by atoms with Crippen LogP contribution in [0.15, 0.2) is 53.3 Å². The van der Waals surface area contributed by atoms with E-state index < -0.39 is 11.8 Å². The number of benzene rings is 2. The molecule has 1 fully saturated rings. The van der Waals surface area contributed by atoms with Crippen LogP contribution in [0, 0.1) is 0 Å². The molecule has 1 aromatic heterocycles. The zero-order valence-electron chi connectivity index (χ0n) is 17.7. The van der Waals surface area contributed by atoms with Gasteiger partial charge in [-0.05, 0) is 29.8 Å². The molecule has 31 heavy (non-hydrogen) atoms. The number of methoxy groups -OCH3 is 1. The van der Waals surface area contributed by atoms with Gasteiger partial charge in [0.25, 0.3) is 11.3 Å². The van der Waals surface area contributed by atoms with Gasteiger partial charge in [0.1, 0.15) is 18.2 Å². The smallest absolute Gasteiger partial charge is 0.366 e. The van der Waals surface area contributed by atoms with Crippen molar-refractivity contribution in [3.63, 3.8) is 0 Å². The van der Waals surface area contributed by atoms with Gasteiger partial charge in [0.2, 0.25) is 0 Å². The van der Waals surface area contributed by atoms with Crippen LogP contribution in [0.5, 0.6) is 5.75 Å². The van der Waals surface area contributed by atoms with Crippen molar-refractivity contribution in [1.82, 2.24) is 9.55 Å². The molecule has 1 saturated heterocycles. The number of nitrogens with zero attached hydrogens (tertiary/aromatic N) is 2. The summed E-state index contributed by atoms with van der Waals surface area (Å²) in [6.45, 7) is 2.41. The van der Waals surface area contributed by atoms with Gasteiger partial charge in [-0.1, -0.05) is 24.3 Å². The van der Waals surface area contributed by atoms with Crippen LogP contribution >= 0.6 is 0 Å². The number of rotatable bonds is 5. The first kappa shape index (κ1) is 21.0. The van der Waals surface area contributed by atoms with Crippen LogP contribution in [0.25, 0.3) is 10.9 Å². The highest BCUT2D eigenvalue weighted by molar-refractivity contribution is 5.77. The minimum atomic E-state index is -1.36. The topological polar surface area (TPSA) is 88.9 Å². The average molecular weight is 424 g/mol. The maximum atomic E-state index is 12.5. The third kappa shape index (κ3) is 4.17. The molecular weight excluding hydrogens is 400 g/mol. The van der Waals surface area contributed by atoms with Crippen molar-refractivity contribution in [1.29, 1.82) is 0 Å². The second-order valence-corrected chi connectivity index (χ2v) is 7.52. The standard InChI is InChI=1S/C23H24N2O6/c1-23(22(27)28-3)30-12-16(13-31-23)15-8-10-17(11-9-15)29-14-20-24-19-7-5-4-6-18(19)21(26)25(20)2/h4-11,16H,12-14H2,1-3H3/t16-,23+. The summed E-state index contributed by atoms with van der Waals surface area (Å²) in [7, 11) is 2.99. The number of ether oxygens (including phenoxy) is 4. The van der Waals surface area contributed by atoms with Crippen molar-refractivity contribution in [3.8, 4) is 5.75 Å². The monoisotopic (exact) mass is 424 g/mol. The maximum absolute atomic E-state index is 12.5. The number of hydrogen-bond acceptors (Lipinski definition) is 7. The highest BCUT2D eigenvalue weighted by Crippen LogP contribution is 2.29. The third-order valence-corrected chi connectivity index (χ3v) is 5.47. The van der Waals surface area contributed by atoms with Crippen LogP contribution in [0.3, 0.4) is 0 Å². The zero-order chi connectivity index (χ0) is 22.0. The van der Waals surface area contributed by atoms with Crippen LogP contribution in [-0.2, 0) is 32.7 Å². The van der Waals surface area contributed by atoms with E-state index in [4.69, 9.17) is 18.9 Å². The molecule has 0 atom stereocenters. The fourth-order valence-corrected chi connectivity index (χ4v) is 3.48. The third-order valence-electron chi connectivity index (χ3n) is 5.47. The molecule has 0 spiro atoms. The summed E-state index contributed by atoms with van der Waals surface area (Å²) < 4.78 is 23.3. The summed E-state index contributed by atoms with van der Waals surface area (Å²) in [4.78, 5) is 28.8. The number of fused-ring (bicyclic) bond motifs is 1. The summed E-state index contributed by atoms with van der Waals surface area (Å²) in [5.41, 5.74) is 1.56. The lowest BCUT2D eigenvalue weighted by atomic mass is 9.99. The van der Waals surface area contributed by atoms with E-state index in [1.54, 1.807) is 20.0 Å². The van der Waals surface area contributed by atoms with Crippen molar-refractivity contribution < 1.29 is 23.7 Å². The van der Waals surface area contributed by atoms with Crippen LogP contribution in [0.1, 0.15) is 24.2 Å². The van der Waals surface area contributed by atoms with Gasteiger partial charge in [0, 0.05) is 19.9 Å². The van der Waals surface area contributed by atoms with Gasteiger partial charge in [-0.15, -0.1) is 0 Å². The normalized spacial score (nSPS) is 21.1. The lowest BCUT2D eigenvalue weighted by molar-refractivity contribution is -0.264. The highest BCUT2D eigenvalue weighted by Gasteiger charge is 2.41. The Morgan fingerprint density at radius 1 is 1.16 bits per heavy atom. The van der Waals surface area contributed by atoms with E-state index in [0.29, 0.717) is 35.7 Å². The second-order valence-electron chi connectivity index (χ2n) is 7.52. The van der Waals surface area contributed by atoms with Crippen molar-refractivity contribution in [2.24, 2.45) is 7.05 Å². The van der Waals surface area contributed by atoms with Crippen LogP contribution in [0.2, 0.25) is 0 Å². The maximum Gasteiger partial charge on any atom is 0.366 e. The summed E-state index contributed by atoms with van der Waals surface area (Å²) in [5.74, 6) is -0.717. The SMILES string of the molecule is COC(=O)[C@]1(C)OC[C@H](c2ccc(OCc3nc4ccccc4c(=O)n3C)cc2)CO1. The molecule has 4 rings (SSSR count). The van der Waals surface area contributed by atoms with Gasteiger partial charge >= 0.3 is 5.97 Å². The average Bonchev–Trinajstić information content (AvgIpc) is 2.81. The lowest BCUT2D eigenvalue weighted by Gasteiger charge is -2.35. The van der Waals surface area contributed by atoms with Gasteiger partial charge in [-0.3, -0.25) is 9.36 Å². The number of carbonyl (C=O) groups excluding carboxylic acids is 1. The molecule has 0 amide bonds. The van der Waals surface area contributed by atoms with Crippen LogP contribution in [-0.4, -0.2) is 41.6 Å². The predicted molar refractivity (Wildman–Crippen MR) is 113 cm³/mol. The number of carbonyl (C=O) groups is 1. The Hall–Kier alpha value is -3.23. The lowest BCUT2D eigenvalue weighted by Crippen LogP contribution is -2.47. The second kappa shape index (κ2) is 8.49. The molecule has 8 heteroatoms. The molecule has 0 radical (unpaired) electrons. The van der Waals surface area contributed by atoms with Crippen molar-refractivity contribution in [3.05, 3.63) is 70.3 Å². The molecule has 1 aliphatic rings. The number of aromatic nitrogens is 2. The fourth-order valence-electron chi connectivity index (χ4n) is 3.48. The molecule has 0 saturated carbocycles. The molecule has 8 nitrogen and oxygen atoms in total. The molecule has 2 aromatic carbocycles. The summed E-state index contributed by atoms with van der Waals surface area (Å²) in [6.07, 6.45) is 0. The van der Waals surface area contributed by atoms with Gasteiger partial charge in [0.15, 0.2) is 0 Å². The summed E-state index contributed by atoms with van der Waals surface area (Å²) >= 11 is 0. The van der Waals surface area contributed by atoms with Gasteiger partial charge in [0.05, 0.1) is 31.2 Å². The molecule has 0 N–H and O–H groups in total. The largest absolute Gasteiger partial charge is 0.486 e. The molecule has 162 valence electrons. The van der Waals surface area contributed by atoms with E-state index in [2.05, 4.69) is 4.98 Å². The number of para-hydroxylation sites is 1. The van der Waals surface area contributed by atoms with Crippen LogP contribution in [0.4, 0.5) is 0 Å². The quantitative estimate of drug-likeness (QED) is 0.582. The van der Waals surface area contributed by atoms with Crippen molar-refractivity contribution in [2.45, 2.75) is 25.2 Å². The first-order valence-electron chi connectivity index (χ1n) is 9.95. The van der Waals surface area contributed by atoms with Gasteiger partial charge in [-0.25, -0.2) is 9.78 Å². The molecular formula is C23H24N2O6. The van der Waals surface area contributed by atoms with E-state index >= 15 is 0 Å². The van der Waals surface area contributed by atoms with E-state index in [9.17, 15) is 9.59 Å². The summed E-state index contributed by atoms with van der Waals surface area (Å²) in [5, 5.41) is 0.582. The van der Waals surface area contributed by atoms with E-state index in [1.807, 2.05) is 42.5 Å². The molecule has 1 aliphatic heterocycles. The Labute approximate surface area is 179 Å². The van der Waals surface area contributed by atoms with Crippen molar-refractivity contribution in [2.75, 3.05) is 20.3 Å². The molecule has 2 heterocycles. The van der Waals surface area contributed by atoms with Crippen LogP contribution < -0.4 is 10.3 Å². The Bertz CT molecular complexity index is 1150. The molecule has 3 aromatic rings. The predicted octanol–water partition coefficient (Wildman–Crippen LogP) is 2.53. The Morgan fingerprint density at radius 2 is 1.84 bits per heavy atom. The number of esters is 1. The van der Waals surface area contributed by atoms with E-state index in [1.165, 1.54) is 11.7 Å². The molecule has 0 unspecified atom stereocenters. The Balaban J connectivity index is 1.41. The minimum absolute atomic E-state index is 0.00485. The molecule has 0 aliphatic carbocycles. The Morgan fingerprint density at radius 3 is 2.52 bits per heavy atom. The van der Waals surface area contributed by atoms with Gasteiger partial charge in [-0.2, -0.15) is 0 Å². The summed E-state index contributed by atoms with van der Waals surface area (Å²) in [6, 6.07) is 14.8. The Kier molecular flexibility index (Phi) is 5.75. The highest BCUT2D eigenvalue weighted by atomic mass is 16.7. The minimum Gasteiger partial charge on any atom is -0.486 e. The fraction of sp³-hybridized carbons (Fsp3) is 0.348. The van der Waals surface area contributed by atoms with E-state index in [0.717, 1.165) is 5.56 Å². The number of hydrogen-bond donors (Lipinski definition) is 0.